The Morgan fingerprint density at radius 3 is 2.67 bits per heavy atom. The van der Waals surface area contributed by atoms with Gasteiger partial charge in [-0.05, 0) is 18.2 Å². The normalized spacial score (nSPS) is 11.1. The van der Waals surface area contributed by atoms with Crippen LogP contribution >= 0.6 is 0 Å². The van der Waals surface area contributed by atoms with Gasteiger partial charge in [-0.25, -0.2) is 13.2 Å². The zero-order valence-electron chi connectivity index (χ0n) is 11.4. The molecule has 9 heteroatoms. The highest BCUT2D eigenvalue weighted by Crippen LogP contribution is 2.22. The fourth-order valence-corrected chi connectivity index (χ4v) is 2.93. The molecule has 21 heavy (non-hydrogen) atoms. The molecule has 0 saturated carbocycles. The van der Waals surface area contributed by atoms with Crippen LogP contribution in [0.15, 0.2) is 35.4 Å². The van der Waals surface area contributed by atoms with Crippen molar-refractivity contribution in [2.75, 3.05) is 17.6 Å². The molecule has 2 aromatic rings. The number of nitrogens with one attached hydrogen (secondary N) is 1. The highest BCUT2D eigenvalue weighted by molar-refractivity contribution is 7.92. The standard InChI is InChI=1S/C12H14N4O4S/c1-16-6-5-11(14-16)15-21(18,19)10-7-8(13)3-4-9(10)12(17)20-2/h3-7H,13H2,1-2H3,(H,14,15). The molecule has 1 heterocycles. The molecule has 1 aromatic heterocycles. The summed E-state index contributed by atoms with van der Waals surface area (Å²) in [6.07, 6.45) is 1.58. The van der Waals surface area contributed by atoms with E-state index in [2.05, 4.69) is 14.6 Å². The first-order valence-corrected chi connectivity index (χ1v) is 7.32. The topological polar surface area (TPSA) is 116 Å². The smallest absolute Gasteiger partial charge is 0.339 e. The van der Waals surface area contributed by atoms with Crippen LogP contribution in [0.4, 0.5) is 11.5 Å². The third kappa shape index (κ3) is 3.14. The minimum absolute atomic E-state index is 0.102. The Balaban J connectivity index is 2.48. The number of ether oxygens (including phenoxy) is 1. The van der Waals surface area contributed by atoms with E-state index in [4.69, 9.17) is 5.73 Å². The molecule has 0 atom stereocenters. The first-order valence-electron chi connectivity index (χ1n) is 5.84. The predicted octanol–water partition coefficient (Wildman–Crippen LogP) is 0.590. The molecule has 0 aliphatic carbocycles. The Hall–Kier alpha value is -2.55. The Labute approximate surface area is 121 Å². The lowest BCUT2D eigenvalue weighted by atomic mass is 10.2. The lowest BCUT2D eigenvalue weighted by molar-refractivity contribution is 0.0596. The zero-order valence-corrected chi connectivity index (χ0v) is 12.2. The Morgan fingerprint density at radius 1 is 1.38 bits per heavy atom. The summed E-state index contributed by atoms with van der Waals surface area (Å²) < 4.78 is 33.1. The fourth-order valence-electron chi connectivity index (χ4n) is 1.70. The number of nitrogen functional groups attached to an aromatic ring is 1. The van der Waals surface area contributed by atoms with Crippen molar-refractivity contribution in [3.8, 4) is 0 Å². The van der Waals surface area contributed by atoms with Gasteiger partial charge in [0.15, 0.2) is 5.82 Å². The quantitative estimate of drug-likeness (QED) is 0.630. The summed E-state index contributed by atoms with van der Waals surface area (Å²) in [5, 5.41) is 3.92. The number of nitrogens with zero attached hydrogens (tertiary/aromatic N) is 2. The summed E-state index contributed by atoms with van der Waals surface area (Å²) in [5.74, 6) is -0.632. The van der Waals surface area contributed by atoms with Crippen LogP contribution in [-0.4, -0.2) is 31.3 Å². The van der Waals surface area contributed by atoms with E-state index < -0.39 is 16.0 Å². The highest BCUT2D eigenvalue weighted by Gasteiger charge is 2.24. The van der Waals surface area contributed by atoms with Crippen LogP contribution < -0.4 is 10.5 Å². The minimum Gasteiger partial charge on any atom is -0.465 e. The van der Waals surface area contributed by atoms with Crippen LogP contribution in [0.5, 0.6) is 0 Å². The second-order valence-corrected chi connectivity index (χ2v) is 5.88. The number of carbonyl (C=O) groups is 1. The summed E-state index contributed by atoms with van der Waals surface area (Å²) >= 11 is 0. The number of methoxy groups -OCH3 is 1. The molecule has 0 unspecified atom stereocenters. The van der Waals surface area contributed by atoms with Gasteiger partial charge in [0.25, 0.3) is 10.0 Å². The SMILES string of the molecule is COC(=O)c1ccc(N)cc1S(=O)(=O)Nc1ccn(C)n1. The van der Waals surface area contributed by atoms with Crippen molar-refractivity contribution in [2.24, 2.45) is 7.05 Å². The summed E-state index contributed by atoms with van der Waals surface area (Å²) in [4.78, 5) is 11.4. The van der Waals surface area contributed by atoms with E-state index in [0.29, 0.717) is 0 Å². The molecule has 1 aromatic carbocycles. The van der Waals surface area contributed by atoms with Crippen LogP contribution in [0.2, 0.25) is 0 Å². The first-order chi connectivity index (χ1) is 9.83. The van der Waals surface area contributed by atoms with Crippen molar-refractivity contribution < 1.29 is 17.9 Å². The van der Waals surface area contributed by atoms with Crippen molar-refractivity contribution in [3.05, 3.63) is 36.0 Å². The van der Waals surface area contributed by atoms with Crippen LogP contribution in [0.25, 0.3) is 0 Å². The van der Waals surface area contributed by atoms with E-state index in [1.807, 2.05) is 0 Å². The molecular formula is C12H14N4O4S. The molecule has 0 spiro atoms. The number of anilines is 2. The molecule has 112 valence electrons. The van der Waals surface area contributed by atoms with E-state index in [0.717, 1.165) is 0 Å². The Morgan fingerprint density at radius 2 is 2.10 bits per heavy atom. The molecule has 0 bridgehead atoms. The molecule has 0 amide bonds. The fraction of sp³-hybridized carbons (Fsp3) is 0.167. The van der Waals surface area contributed by atoms with Crippen molar-refractivity contribution >= 4 is 27.5 Å². The van der Waals surface area contributed by atoms with Crippen molar-refractivity contribution in [2.45, 2.75) is 4.90 Å². The number of carbonyl (C=O) groups excluding carboxylic acids is 1. The minimum atomic E-state index is -4.01. The van der Waals surface area contributed by atoms with E-state index in [1.165, 1.54) is 36.1 Å². The van der Waals surface area contributed by atoms with Crippen molar-refractivity contribution in [1.82, 2.24) is 9.78 Å². The van der Waals surface area contributed by atoms with Gasteiger partial charge in [0.1, 0.15) is 4.90 Å². The van der Waals surface area contributed by atoms with Gasteiger partial charge < -0.3 is 10.5 Å². The van der Waals surface area contributed by atoms with Crippen LogP contribution in [0.3, 0.4) is 0 Å². The molecular weight excluding hydrogens is 296 g/mol. The lowest BCUT2D eigenvalue weighted by Gasteiger charge is -2.10. The second kappa shape index (κ2) is 5.44. The molecule has 0 aliphatic rings. The van der Waals surface area contributed by atoms with Crippen LogP contribution in [-0.2, 0) is 21.8 Å². The third-order valence-electron chi connectivity index (χ3n) is 2.65. The molecule has 8 nitrogen and oxygen atoms in total. The zero-order chi connectivity index (χ0) is 15.6. The van der Waals surface area contributed by atoms with Gasteiger partial charge in [0.05, 0.1) is 12.7 Å². The van der Waals surface area contributed by atoms with Crippen molar-refractivity contribution in [1.29, 1.82) is 0 Å². The van der Waals surface area contributed by atoms with Gasteiger partial charge in [-0.15, -0.1) is 0 Å². The van der Waals surface area contributed by atoms with E-state index in [1.54, 1.807) is 13.2 Å². The van der Waals surface area contributed by atoms with Gasteiger partial charge in [0.2, 0.25) is 0 Å². The highest BCUT2D eigenvalue weighted by atomic mass is 32.2. The van der Waals surface area contributed by atoms with Gasteiger partial charge in [0, 0.05) is 25.0 Å². The number of esters is 1. The number of aryl methyl sites for hydroxylation is 1. The van der Waals surface area contributed by atoms with E-state index in [-0.39, 0.29) is 22.0 Å². The van der Waals surface area contributed by atoms with Crippen LogP contribution in [0.1, 0.15) is 10.4 Å². The van der Waals surface area contributed by atoms with Crippen LogP contribution in [0, 0.1) is 0 Å². The molecule has 3 N–H and O–H groups in total. The third-order valence-corrected chi connectivity index (χ3v) is 4.05. The average Bonchev–Trinajstić information content (AvgIpc) is 2.82. The number of nitrogens with two attached hydrogens (primary N) is 1. The maximum Gasteiger partial charge on any atom is 0.339 e. The number of hydrogen-bond donors (Lipinski definition) is 2. The number of rotatable bonds is 4. The number of aromatic nitrogens is 2. The Bertz CT molecular complexity index is 782. The van der Waals surface area contributed by atoms with Crippen molar-refractivity contribution in [3.63, 3.8) is 0 Å². The number of sulfonamides is 1. The van der Waals surface area contributed by atoms with Gasteiger partial charge >= 0.3 is 5.97 Å². The van der Waals surface area contributed by atoms with E-state index >= 15 is 0 Å². The van der Waals surface area contributed by atoms with Gasteiger partial charge in [-0.2, -0.15) is 5.10 Å². The largest absolute Gasteiger partial charge is 0.465 e. The van der Waals surface area contributed by atoms with Gasteiger partial charge in [-0.1, -0.05) is 0 Å². The maximum absolute atomic E-state index is 12.4. The Kier molecular flexibility index (Phi) is 3.85. The van der Waals surface area contributed by atoms with Gasteiger partial charge in [-0.3, -0.25) is 9.40 Å². The lowest BCUT2D eigenvalue weighted by Crippen LogP contribution is -2.18. The molecule has 0 radical (unpaired) electrons. The monoisotopic (exact) mass is 310 g/mol. The number of benzene rings is 1. The first kappa shape index (κ1) is 14.9. The second-order valence-electron chi connectivity index (χ2n) is 4.23. The number of hydrogen-bond acceptors (Lipinski definition) is 6. The molecule has 0 aliphatic heterocycles. The summed E-state index contributed by atoms with van der Waals surface area (Å²) in [5.41, 5.74) is 5.71. The maximum atomic E-state index is 12.4. The molecule has 0 saturated heterocycles. The predicted molar refractivity (Wildman–Crippen MR) is 76.2 cm³/mol. The average molecular weight is 310 g/mol. The van der Waals surface area contributed by atoms with E-state index in [9.17, 15) is 13.2 Å². The summed E-state index contributed by atoms with van der Waals surface area (Å²) in [6.45, 7) is 0. The summed E-state index contributed by atoms with van der Waals surface area (Å²) in [7, 11) is -1.20. The molecule has 2 rings (SSSR count). The molecule has 0 fully saturated rings. The summed E-state index contributed by atoms with van der Waals surface area (Å²) in [6, 6.07) is 5.40.